The Hall–Kier alpha value is -3.53. The zero-order chi connectivity index (χ0) is 25.8. The second-order valence-electron chi connectivity index (χ2n) is 7.73. The van der Waals surface area contributed by atoms with Gasteiger partial charge in [-0.1, -0.05) is 11.6 Å². The Labute approximate surface area is 206 Å². The number of halogens is 1. The number of anilines is 3. The maximum absolute atomic E-state index is 12.3. The fourth-order valence-corrected chi connectivity index (χ4v) is 3.99. The minimum Gasteiger partial charge on any atom is -0.382 e. The number of nitrogens with one attached hydrogen (secondary N) is 2. The van der Waals surface area contributed by atoms with Gasteiger partial charge in [0.15, 0.2) is 28.4 Å². The van der Waals surface area contributed by atoms with E-state index in [0.29, 0.717) is 31.6 Å². The van der Waals surface area contributed by atoms with Crippen molar-refractivity contribution in [2.45, 2.75) is 23.8 Å². The summed E-state index contributed by atoms with van der Waals surface area (Å²) in [6, 6.07) is 5.42. The summed E-state index contributed by atoms with van der Waals surface area (Å²) in [5.74, 6) is -1.36. The van der Waals surface area contributed by atoms with Gasteiger partial charge >= 0.3 is 0 Å². The highest BCUT2D eigenvalue weighted by Crippen LogP contribution is 2.18. The molecule has 1 aliphatic rings. The normalized spacial score (nSPS) is 15.5. The van der Waals surface area contributed by atoms with Crippen molar-refractivity contribution < 1.29 is 18.0 Å². The van der Waals surface area contributed by atoms with Crippen molar-refractivity contribution in [3.05, 3.63) is 35.1 Å². The van der Waals surface area contributed by atoms with Crippen LogP contribution in [0.2, 0.25) is 5.15 Å². The van der Waals surface area contributed by atoms with Crippen LogP contribution in [0.1, 0.15) is 23.3 Å². The molecule has 1 saturated heterocycles. The number of sulfonamides is 1. The Morgan fingerprint density at radius 2 is 1.74 bits per heavy atom. The molecule has 0 atom stereocenters. The molecule has 16 heteroatoms. The van der Waals surface area contributed by atoms with Gasteiger partial charge in [0.2, 0.25) is 15.9 Å². The van der Waals surface area contributed by atoms with Gasteiger partial charge in [0, 0.05) is 18.8 Å². The summed E-state index contributed by atoms with van der Waals surface area (Å²) < 4.78 is 22.6. The summed E-state index contributed by atoms with van der Waals surface area (Å²) in [7, 11) is -3.80. The molecule has 0 bridgehead atoms. The Morgan fingerprint density at radius 1 is 1.11 bits per heavy atom. The first-order valence-electron chi connectivity index (χ1n) is 10.3. The van der Waals surface area contributed by atoms with Gasteiger partial charge < -0.3 is 22.5 Å². The van der Waals surface area contributed by atoms with Crippen molar-refractivity contribution in [3.63, 3.8) is 0 Å². The number of carbonyl (C=O) groups excluding carboxylic acids is 2. The summed E-state index contributed by atoms with van der Waals surface area (Å²) >= 11 is 5.78. The van der Waals surface area contributed by atoms with Gasteiger partial charge in [-0.25, -0.2) is 28.5 Å². The van der Waals surface area contributed by atoms with Crippen LogP contribution in [0.15, 0.2) is 34.2 Å². The molecule has 3 rings (SSSR count). The molecule has 1 aliphatic heterocycles. The van der Waals surface area contributed by atoms with Crippen molar-refractivity contribution in [2.24, 2.45) is 15.9 Å². The predicted octanol–water partition coefficient (Wildman–Crippen LogP) is -0.911. The number of likely N-dealkylation sites (tertiary alicyclic amines) is 1. The molecule has 1 aromatic carbocycles. The van der Waals surface area contributed by atoms with Crippen molar-refractivity contribution >= 4 is 56.7 Å². The van der Waals surface area contributed by atoms with E-state index in [-0.39, 0.29) is 51.8 Å². The van der Waals surface area contributed by atoms with E-state index in [4.69, 9.17) is 33.9 Å². The number of carbonyl (C=O) groups is 2. The number of primary sulfonamides is 1. The first-order valence-corrected chi connectivity index (χ1v) is 12.2. The lowest BCUT2D eigenvalue weighted by Gasteiger charge is -2.29. The van der Waals surface area contributed by atoms with Gasteiger partial charge in [0.05, 0.1) is 17.5 Å². The molecule has 35 heavy (non-hydrogen) atoms. The first-order chi connectivity index (χ1) is 16.4. The highest BCUT2D eigenvalue weighted by molar-refractivity contribution is 7.89. The zero-order valence-corrected chi connectivity index (χ0v) is 20.0. The third kappa shape index (κ3) is 7.22. The molecule has 2 aromatic rings. The number of amides is 2. The smallest absolute Gasteiger partial charge is 0.280 e. The van der Waals surface area contributed by atoms with E-state index in [1.807, 2.05) is 4.90 Å². The van der Waals surface area contributed by atoms with Gasteiger partial charge in [-0.15, -0.1) is 0 Å². The maximum Gasteiger partial charge on any atom is 0.280 e. The van der Waals surface area contributed by atoms with Crippen LogP contribution in [0.25, 0.3) is 0 Å². The molecule has 1 fully saturated rings. The summed E-state index contributed by atoms with van der Waals surface area (Å²) in [6.07, 6.45) is 1.23. The predicted molar refractivity (Wildman–Crippen MR) is 131 cm³/mol. The van der Waals surface area contributed by atoms with E-state index >= 15 is 0 Å². The quantitative estimate of drug-likeness (QED) is 0.201. The topological polar surface area (TPSA) is 238 Å². The number of hydrogen-bond donors (Lipinski definition) is 6. The second-order valence-corrected chi connectivity index (χ2v) is 9.65. The molecule has 0 radical (unpaired) electrons. The van der Waals surface area contributed by atoms with Crippen molar-refractivity contribution in [3.8, 4) is 0 Å². The van der Waals surface area contributed by atoms with Crippen LogP contribution in [0.3, 0.4) is 0 Å². The lowest BCUT2D eigenvalue weighted by molar-refractivity contribution is -0.117. The fraction of sp³-hybridized carbons (Fsp3) is 0.316. The number of hydrogen-bond acceptors (Lipinski definition) is 10. The van der Waals surface area contributed by atoms with Gasteiger partial charge in [-0.05, 0) is 37.1 Å². The SMILES string of the molecule is NC(=NC1CCN(CC(=O)Nc2ccc(S(N)(=O)=O)cc2)CC1)NC(=O)c1nc(Cl)c(N)nc1N. The molecule has 1 aromatic heterocycles. The molecule has 0 unspecified atom stereocenters. The van der Waals surface area contributed by atoms with Crippen LogP contribution in [0.5, 0.6) is 0 Å². The minimum atomic E-state index is -3.80. The number of nitrogens with two attached hydrogens (primary N) is 4. The number of aliphatic imine (C=N–C) groups is 1. The second kappa shape index (κ2) is 10.8. The molecular formula is C19H25ClN10O4S. The van der Waals surface area contributed by atoms with Crippen molar-refractivity contribution in [1.82, 2.24) is 20.2 Å². The van der Waals surface area contributed by atoms with Crippen LogP contribution in [0, 0.1) is 0 Å². The standard InChI is InChI=1S/C19H25ClN10O4S/c20-15-17(22)28-16(21)14(27-15)18(32)29-19(23)26-11-5-7-30(8-6-11)9-13(31)25-10-1-3-12(4-2-10)35(24,33)34/h1-4,11H,5-9H2,(H,25,31)(H4,21,22,28)(H2,24,33,34)(H3,23,26,29,32). The van der Waals surface area contributed by atoms with Gasteiger partial charge in [-0.3, -0.25) is 19.8 Å². The van der Waals surface area contributed by atoms with Crippen LogP contribution >= 0.6 is 11.6 Å². The highest BCUT2D eigenvalue weighted by atomic mass is 35.5. The minimum absolute atomic E-state index is 0.0396. The molecule has 2 amide bonds. The molecule has 188 valence electrons. The molecule has 14 nitrogen and oxygen atoms in total. The number of benzene rings is 1. The molecule has 10 N–H and O–H groups in total. The van der Waals surface area contributed by atoms with E-state index in [9.17, 15) is 18.0 Å². The van der Waals surface area contributed by atoms with Crippen LogP contribution in [-0.4, -0.2) is 66.7 Å². The average molecular weight is 525 g/mol. The lowest BCUT2D eigenvalue weighted by Crippen LogP contribution is -2.42. The Morgan fingerprint density at radius 3 is 2.34 bits per heavy atom. The van der Waals surface area contributed by atoms with E-state index in [2.05, 4.69) is 25.6 Å². The number of nitrogen functional groups attached to an aromatic ring is 2. The molecular weight excluding hydrogens is 500 g/mol. The number of piperidine rings is 1. The van der Waals surface area contributed by atoms with Gasteiger partial charge in [-0.2, -0.15) is 0 Å². The maximum atomic E-state index is 12.3. The summed E-state index contributed by atoms with van der Waals surface area (Å²) in [4.78, 5) is 38.4. The van der Waals surface area contributed by atoms with E-state index < -0.39 is 15.9 Å². The Bertz CT molecular complexity index is 1250. The third-order valence-electron chi connectivity index (χ3n) is 5.07. The molecule has 0 spiro atoms. The van der Waals surface area contributed by atoms with Crippen molar-refractivity contribution in [1.29, 1.82) is 0 Å². The highest BCUT2D eigenvalue weighted by Gasteiger charge is 2.22. The molecule has 2 heterocycles. The van der Waals surface area contributed by atoms with Crippen molar-refractivity contribution in [2.75, 3.05) is 36.4 Å². The van der Waals surface area contributed by atoms with Gasteiger partial charge in [0.25, 0.3) is 5.91 Å². The number of aromatic nitrogens is 2. The fourth-order valence-electron chi connectivity index (χ4n) is 3.35. The van der Waals surface area contributed by atoms with Crippen LogP contribution in [-0.2, 0) is 14.8 Å². The lowest BCUT2D eigenvalue weighted by atomic mass is 10.1. The summed E-state index contributed by atoms with van der Waals surface area (Å²) in [5.41, 5.74) is 17.2. The average Bonchev–Trinajstić information content (AvgIpc) is 2.77. The largest absolute Gasteiger partial charge is 0.382 e. The number of nitrogens with zero attached hydrogens (tertiary/aromatic N) is 4. The number of guanidine groups is 1. The van der Waals surface area contributed by atoms with Crippen LogP contribution in [0.4, 0.5) is 17.3 Å². The van der Waals surface area contributed by atoms with E-state index in [1.54, 1.807) is 0 Å². The van der Waals surface area contributed by atoms with Gasteiger partial charge in [0.1, 0.15) is 0 Å². The van der Waals surface area contributed by atoms with E-state index in [0.717, 1.165) is 0 Å². The Kier molecular flexibility index (Phi) is 8.06. The van der Waals surface area contributed by atoms with Crippen LogP contribution < -0.4 is 33.0 Å². The summed E-state index contributed by atoms with van der Waals surface area (Å²) in [5, 5.41) is 10.0. The monoisotopic (exact) mass is 524 g/mol. The van der Waals surface area contributed by atoms with E-state index in [1.165, 1.54) is 24.3 Å². The molecule has 0 saturated carbocycles. The summed E-state index contributed by atoms with van der Waals surface area (Å²) in [6.45, 7) is 1.31. The molecule has 0 aliphatic carbocycles. The zero-order valence-electron chi connectivity index (χ0n) is 18.4. The third-order valence-corrected chi connectivity index (χ3v) is 6.28. The number of rotatable bonds is 6. The first kappa shape index (κ1) is 26.1. The Balaban J connectivity index is 1.47.